The lowest BCUT2D eigenvalue weighted by molar-refractivity contribution is 0.312. The third kappa shape index (κ3) is 4.04. The van der Waals surface area contributed by atoms with Gasteiger partial charge in [0.25, 0.3) is 10.1 Å². The predicted octanol–water partition coefficient (Wildman–Crippen LogP) is 3.37. The van der Waals surface area contributed by atoms with Crippen LogP contribution in [0.15, 0.2) is 53.0 Å². The number of hydrogen-bond acceptors (Lipinski definition) is 3. The molecule has 102 valence electrons. The first-order chi connectivity index (χ1) is 9.08. The maximum atomic E-state index is 11.9. The fourth-order valence-electron chi connectivity index (χ4n) is 1.92. The van der Waals surface area contributed by atoms with Crippen LogP contribution in [0.4, 0.5) is 0 Å². The van der Waals surface area contributed by atoms with Crippen molar-refractivity contribution in [1.29, 1.82) is 0 Å². The van der Waals surface area contributed by atoms with Crippen LogP contribution in [0.5, 0.6) is 0 Å². The summed E-state index contributed by atoms with van der Waals surface area (Å²) in [6.07, 6.45) is 8.78. The van der Waals surface area contributed by atoms with E-state index in [4.69, 9.17) is 4.18 Å². The Bertz CT molecular complexity index is 580. The Morgan fingerprint density at radius 3 is 2.58 bits per heavy atom. The zero-order valence-corrected chi connectivity index (χ0v) is 11.8. The molecule has 0 aromatic heterocycles. The van der Waals surface area contributed by atoms with E-state index in [1.54, 1.807) is 24.3 Å². The normalized spacial score (nSPS) is 14.7. The van der Waals surface area contributed by atoms with Crippen LogP contribution in [0.3, 0.4) is 0 Å². The van der Waals surface area contributed by atoms with Crippen molar-refractivity contribution in [3.8, 4) is 0 Å². The third-order valence-electron chi connectivity index (χ3n) is 3.04. The van der Waals surface area contributed by atoms with Gasteiger partial charge in [-0.2, -0.15) is 8.42 Å². The molecule has 3 nitrogen and oxygen atoms in total. The van der Waals surface area contributed by atoms with Gasteiger partial charge in [-0.05, 0) is 38.3 Å². The van der Waals surface area contributed by atoms with Crippen LogP contribution >= 0.6 is 0 Å². The molecule has 0 fully saturated rings. The summed E-state index contributed by atoms with van der Waals surface area (Å²) < 4.78 is 28.8. The van der Waals surface area contributed by atoms with Gasteiger partial charge in [0.05, 0.1) is 11.5 Å². The summed E-state index contributed by atoms with van der Waals surface area (Å²) >= 11 is 0. The van der Waals surface area contributed by atoms with Crippen LogP contribution in [-0.2, 0) is 14.3 Å². The van der Waals surface area contributed by atoms with Crippen LogP contribution in [0, 0.1) is 6.92 Å². The second kappa shape index (κ2) is 6.17. The predicted molar refractivity (Wildman–Crippen MR) is 75.4 cm³/mol. The molecule has 1 aromatic carbocycles. The molecule has 0 saturated heterocycles. The lowest BCUT2D eigenvalue weighted by Gasteiger charge is -2.06. The molecule has 4 heteroatoms. The SMILES string of the molecule is Cc1ccc(S(=O)(=O)OCCCC2=CC=CC2)cc1. The number of benzene rings is 1. The molecule has 0 saturated carbocycles. The van der Waals surface area contributed by atoms with Crippen LogP contribution in [0.2, 0.25) is 0 Å². The van der Waals surface area contributed by atoms with E-state index in [0.717, 1.165) is 24.8 Å². The Kier molecular flexibility index (Phi) is 4.56. The third-order valence-corrected chi connectivity index (χ3v) is 4.36. The maximum Gasteiger partial charge on any atom is 0.296 e. The van der Waals surface area contributed by atoms with Crippen molar-refractivity contribution in [1.82, 2.24) is 0 Å². The van der Waals surface area contributed by atoms with E-state index in [1.165, 1.54) is 5.57 Å². The van der Waals surface area contributed by atoms with Gasteiger partial charge < -0.3 is 0 Å². The Labute approximate surface area is 114 Å². The number of rotatable bonds is 6. The summed E-state index contributed by atoms with van der Waals surface area (Å²) in [4.78, 5) is 0.222. The highest BCUT2D eigenvalue weighted by molar-refractivity contribution is 7.86. The zero-order chi connectivity index (χ0) is 13.7. The van der Waals surface area contributed by atoms with E-state index < -0.39 is 10.1 Å². The van der Waals surface area contributed by atoms with Gasteiger partial charge in [0, 0.05) is 0 Å². The first-order valence-electron chi connectivity index (χ1n) is 6.38. The minimum absolute atomic E-state index is 0.222. The highest BCUT2D eigenvalue weighted by atomic mass is 32.2. The molecule has 0 radical (unpaired) electrons. The molecule has 0 bridgehead atoms. The largest absolute Gasteiger partial charge is 0.296 e. The van der Waals surface area contributed by atoms with E-state index in [-0.39, 0.29) is 11.5 Å². The van der Waals surface area contributed by atoms with Gasteiger partial charge in [-0.3, -0.25) is 4.18 Å². The Morgan fingerprint density at radius 2 is 1.95 bits per heavy atom. The Hall–Kier alpha value is -1.39. The fourth-order valence-corrected chi connectivity index (χ4v) is 2.86. The van der Waals surface area contributed by atoms with Crippen LogP contribution < -0.4 is 0 Å². The van der Waals surface area contributed by atoms with Crippen molar-refractivity contribution in [3.63, 3.8) is 0 Å². The van der Waals surface area contributed by atoms with Gasteiger partial charge >= 0.3 is 0 Å². The lowest BCUT2D eigenvalue weighted by atomic mass is 10.1. The van der Waals surface area contributed by atoms with Crippen molar-refractivity contribution in [2.75, 3.05) is 6.61 Å². The molecule has 0 atom stereocenters. The fraction of sp³-hybridized carbons (Fsp3) is 0.333. The average Bonchev–Trinajstić information content (AvgIpc) is 2.88. The second-order valence-electron chi connectivity index (χ2n) is 4.65. The quantitative estimate of drug-likeness (QED) is 0.592. The first kappa shape index (κ1) is 14.0. The van der Waals surface area contributed by atoms with Gasteiger partial charge in [0.15, 0.2) is 0 Å². The van der Waals surface area contributed by atoms with Gasteiger partial charge in [-0.25, -0.2) is 0 Å². The van der Waals surface area contributed by atoms with Crippen LogP contribution in [0.1, 0.15) is 24.8 Å². The van der Waals surface area contributed by atoms with Crippen molar-refractivity contribution in [2.24, 2.45) is 0 Å². The van der Waals surface area contributed by atoms with Crippen molar-refractivity contribution in [2.45, 2.75) is 31.1 Å². The molecule has 1 aliphatic carbocycles. The number of hydrogen-bond donors (Lipinski definition) is 0. The molecule has 0 heterocycles. The van der Waals surface area contributed by atoms with Crippen molar-refractivity contribution >= 4 is 10.1 Å². The molecule has 19 heavy (non-hydrogen) atoms. The molecule has 0 unspecified atom stereocenters. The van der Waals surface area contributed by atoms with E-state index in [2.05, 4.69) is 12.2 Å². The van der Waals surface area contributed by atoms with E-state index in [0.29, 0.717) is 0 Å². The number of aryl methyl sites for hydroxylation is 1. The molecule has 0 amide bonds. The van der Waals surface area contributed by atoms with Crippen LogP contribution in [0.25, 0.3) is 0 Å². The highest BCUT2D eigenvalue weighted by Gasteiger charge is 2.14. The molecule has 0 aliphatic heterocycles. The topological polar surface area (TPSA) is 43.4 Å². The van der Waals surface area contributed by atoms with E-state index in [9.17, 15) is 8.42 Å². The maximum absolute atomic E-state index is 11.9. The summed E-state index contributed by atoms with van der Waals surface area (Å²) in [5, 5.41) is 0. The van der Waals surface area contributed by atoms with Crippen molar-refractivity contribution in [3.05, 3.63) is 53.6 Å². The van der Waals surface area contributed by atoms with Gasteiger partial charge in [-0.1, -0.05) is 41.5 Å². The van der Waals surface area contributed by atoms with Gasteiger partial charge in [-0.15, -0.1) is 0 Å². The monoisotopic (exact) mass is 278 g/mol. The molecule has 1 aromatic rings. The average molecular weight is 278 g/mol. The van der Waals surface area contributed by atoms with Crippen molar-refractivity contribution < 1.29 is 12.6 Å². The summed E-state index contributed by atoms with van der Waals surface area (Å²) in [7, 11) is -3.61. The van der Waals surface area contributed by atoms with E-state index >= 15 is 0 Å². The zero-order valence-electron chi connectivity index (χ0n) is 11.0. The Balaban J connectivity index is 1.82. The van der Waals surface area contributed by atoms with E-state index in [1.807, 2.05) is 13.0 Å². The molecular weight excluding hydrogens is 260 g/mol. The molecular formula is C15H18O3S. The van der Waals surface area contributed by atoms with Gasteiger partial charge in [0.2, 0.25) is 0 Å². The standard InChI is InChI=1S/C15H18O3S/c1-13-8-10-15(11-9-13)19(16,17)18-12-4-7-14-5-2-3-6-14/h2-3,5,8-11H,4,6-7,12H2,1H3. The summed E-state index contributed by atoms with van der Waals surface area (Å²) in [6, 6.07) is 6.69. The lowest BCUT2D eigenvalue weighted by Crippen LogP contribution is -2.07. The molecule has 0 spiro atoms. The minimum atomic E-state index is -3.61. The molecule has 2 rings (SSSR count). The second-order valence-corrected chi connectivity index (χ2v) is 6.27. The smallest absolute Gasteiger partial charge is 0.266 e. The summed E-state index contributed by atoms with van der Waals surface area (Å²) in [5.74, 6) is 0. The minimum Gasteiger partial charge on any atom is -0.266 e. The van der Waals surface area contributed by atoms with Gasteiger partial charge in [0.1, 0.15) is 0 Å². The van der Waals surface area contributed by atoms with Crippen LogP contribution in [-0.4, -0.2) is 15.0 Å². The number of allylic oxidation sites excluding steroid dienone is 4. The first-order valence-corrected chi connectivity index (χ1v) is 7.79. The summed E-state index contributed by atoms with van der Waals surface area (Å²) in [5.41, 5.74) is 2.36. The Morgan fingerprint density at radius 1 is 1.21 bits per heavy atom. The molecule has 1 aliphatic rings. The highest BCUT2D eigenvalue weighted by Crippen LogP contribution is 2.17. The summed E-state index contributed by atoms with van der Waals surface area (Å²) in [6.45, 7) is 2.15. The molecule has 0 N–H and O–H groups in total.